The second-order valence-corrected chi connectivity index (χ2v) is 4.33. The third-order valence-electron chi connectivity index (χ3n) is 2.96. The molecule has 2 heterocycles. The Hall–Kier alpha value is -1.89. The average Bonchev–Trinajstić information content (AvgIpc) is 2.91. The SMILES string of the molecule is Cc1n[nH]c(C)c1NC(=O)[C@@H]1CC[C@H](C(=O)O)O1. The highest BCUT2D eigenvalue weighted by molar-refractivity contribution is 5.95. The molecule has 0 bridgehead atoms. The molecule has 1 aromatic rings. The molecule has 1 aromatic heterocycles. The van der Waals surface area contributed by atoms with E-state index in [2.05, 4.69) is 15.5 Å². The summed E-state index contributed by atoms with van der Waals surface area (Å²) in [6, 6.07) is 0. The maximum atomic E-state index is 11.9. The number of aryl methyl sites for hydroxylation is 2. The van der Waals surface area contributed by atoms with Crippen LogP contribution in [0.2, 0.25) is 0 Å². The molecule has 0 radical (unpaired) electrons. The summed E-state index contributed by atoms with van der Waals surface area (Å²) < 4.78 is 5.17. The lowest BCUT2D eigenvalue weighted by Gasteiger charge is -2.11. The molecule has 1 aliphatic rings. The van der Waals surface area contributed by atoms with Crippen molar-refractivity contribution in [3.05, 3.63) is 11.4 Å². The fourth-order valence-electron chi connectivity index (χ4n) is 1.95. The van der Waals surface area contributed by atoms with Gasteiger partial charge in [-0.1, -0.05) is 0 Å². The Morgan fingerprint density at radius 1 is 1.39 bits per heavy atom. The molecule has 1 aliphatic heterocycles. The highest BCUT2D eigenvalue weighted by Gasteiger charge is 2.35. The summed E-state index contributed by atoms with van der Waals surface area (Å²) in [7, 11) is 0. The molecule has 2 atom stereocenters. The summed E-state index contributed by atoms with van der Waals surface area (Å²) in [6.07, 6.45) is -0.817. The highest BCUT2D eigenvalue weighted by atomic mass is 16.5. The van der Waals surface area contributed by atoms with Gasteiger partial charge in [0.25, 0.3) is 5.91 Å². The summed E-state index contributed by atoms with van der Waals surface area (Å²) in [5, 5.41) is 18.2. The molecule has 0 unspecified atom stereocenters. The summed E-state index contributed by atoms with van der Waals surface area (Å²) in [5.41, 5.74) is 2.07. The molecule has 98 valence electrons. The largest absolute Gasteiger partial charge is 0.479 e. The van der Waals surface area contributed by atoms with E-state index in [9.17, 15) is 9.59 Å². The number of aromatic nitrogens is 2. The van der Waals surface area contributed by atoms with Crippen LogP contribution in [0.1, 0.15) is 24.2 Å². The van der Waals surface area contributed by atoms with Crippen LogP contribution in [-0.2, 0) is 14.3 Å². The van der Waals surface area contributed by atoms with Crippen LogP contribution in [0.25, 0.3) is 0 Å². The predicted molar refractivity (Wildman–Crippen MR) is 62.2 cm³/mol. The van der Waals surface area contributed by atoms with Crippen LogP contribution >= 0.6 is 0 Å². The maximum Gasteiger partial charge on any atom is 0.332 e. The molecule has 2 rings (SSSR count). The molecular formula is C11H15N3O4. The van der Waals surface area contributed by atoms with Gasteiger partial charge in [0, 0.05) is 0 Å². The lowest BCUT2D eigenvalue weighted by Crippen LogP contribution is -2.30. The van der Waals surface area contributed by atoms with Gasteiger partial charge in [0.1, 0.15) is 6.10 Å². The Labute approximate surface area is 104 Å². The third-order valence-corrected chi connectivity index (χ3v) is 2.96. The quantitative estimate of drug-likeness (QED) is 0.731. The average molecular weight is 253 g/mol. The monoisotopic (exact) mass is 253 g/mol. The number of nitrogens with one attached hydrogen (secondary N) is 2. The molecule has 18 heavy (non-hydrogen) atoms. The van der Waals surface area contributed by atoms with Crippen LogP contribution in [0.3, 0.4) is 0 Å². The fraction of sp³-hybridized carbons (Fsp3) is 0.545. The maximum absolute atomic E-state index is 11.9. The number of anilines is 1. The number of H-pyrrole nitrogens is 1. The van der Waals surface area contributed by atoms with Crippen molar-refractivity contribution in [1.29, 1.82) is 0 Å². The predicted octanol–water partition coefficient (Wildman–Crippen LogP) is 0.597. The number of hydrogen-bond acceptors (Lipinski definition) is 4. The van der Waals surface area contributed by atoms with E-state index < -0.39 is 18.2 Å². The molecule has 0 aliphatic carbocycles. The molecule has 0 saturated carbocycles. The van der Waals surface area contributed by atoms with Gasteiger partial charge in [-0.2, -0.15) is 5.10 Å². The van der Waals surface area contributed by atoms with Gasteiger partial charge < -0.3 is 15.2 Å². The minimum absolute atomic E-state index is 0.327. The van der Waals surface area contributed by atoms with Crippen molar-refractivity contribution in [3.63, 3.8) is 0 Å². The summed E-state index contributed by atoms with van der Waals surface area (Å²) in [4.78, 5) is 22.6. The number of aromatic amines is 1. The fourth-order valence-corrected chi connectivity index (χ4v) is 1.95. The van der Waals surface area contributed by atoms with Crippen LogP contribution in [0.15, 0.2) is 0 Å². The molecule has 1 saturated heterocycles. The lowest BCUT2D eigenvalue weighted by atomic mass is 10.2. The molecule has 1 fully saturated rings. The Kier molecular flexibility index (Phi) is 3.33. The number of carboxylic acid groups (broad SMARTS) is 1. The van der Waals surface area contributed by atoms with Gasteiger partial charge in [0.15, 0.2) is 6.10 Å². The van der Waals surface area contributed by atoms with E-state index >= 15 is 0 Å². The highest BCUT2D eigenvalue weighted by Crippen LogP contribution is 2.23. The van der Waals surface area contributed by atoms with E-state index in [-0.39, 0.29) is 5.91 Å². The van der Waals surface area contributed by atoms with Gasteiger partial charge in [-0.25, -0.2) is 4.79 Å². The number of hydrogen-bond donors (Lipinski definition) is 3. The number of carbonyl (C=O) groups is 2. The van der Waals surface area contributed by atoms with E-state index in [0.29, 0.717) is 24.2 Å². The lowest BCUT2D eigenvalue weighted by molar-refractivity contribution is -0.150. The Bertz CT molecular complexity index is 463. The van der Waals surface area contributed by atoms with E-state index in [4.69, 9.17) is 9.84 Å². The number of carboxylic acids is 1. The first kappa shape index (κ1) is 12.6. The van der Waals surface area contributed by atoms with Crippen molar-refractivity contribution in [1.82, 2.24) is 10.2 Å². The van der Waals surface area contributed by atoms with Crippen molar-refractivity contribution in [2.75, 3.05) is 5.32 Å². The van der Waals surface area contributed by atoms with Gasteiger partial charge in [-0.3, -0.25) is 9.89 Å². The van der Waals surface area contributed by atoms with Gasteiger partial charge in [0.2, 0.25) is 0 Å². The minimum atomic E-state index is -1.03. The van der Waals surface area contributed by atoms with Crippen LogP contribution in [-0.4, -0.2) is 39.4 Å². The Balaban J connectivity index is 2.00. The van der Waals surface area contributed by atoms with Gasteiger partial charge in [-0.05, 0) is 26.7 Å². The van der Waals surface area contributed by atoms with E-state index in [1.165, 1.54) is 0 Å². The number of carbonyl (C=O) groups excluding carboxylic acids is 1. The van der Waals surface area contributed by atoms with Crippen LogP contribution < -0.4 is 5.32 Å². The number of ether oxygens (including phenoxy) is 1. The first-order valence-electron chi connectivity index (χ1n) is 5.69. The van der Waals surface area contributed by atoms with Crippen LogP contribution in [0.5, 0.6) is 0 Å². The van der Waals surface area contributed by atoms with Gasteiger partial charge in [0.05, 0.1) is 17.1 Å². The Morgan fingerprint density at radius 2 is 2.06 bits per heavy atom. The second kappa shape index (κ2) is 4.77. The van der Waals surface area contributed by atoms with Gasteiger partial charge in [-0.15, -0.1) is 0 Å². The number of aliphatic carboxylic acids is 1. The van der Waals surface area contributed by atoms with Crippen molar-refractivity contribution >= 4 is 17.6 Å². The molecule has 0 aromatic carbocycles. The van der Waals surface area contributed by atoms with Crippen LogP contribution in [0, 0.1) is 13.8 Å². The number of rotatable bonds is 3. The summed E-state index contributed by atoms with van der Waals surface area (Å²) in [6.45, 7) is 3.57. The van der Waals surface area contributed by atoms with Crippen molar-refractivity contribution < 1.29 is 19.4 Å². The van der Waals surface area contributed by atoms with Crippen molar-refractivity contribution in [2.45, 2.75) is 38.9 Å². The van der Waals surface area contributed by atoms with E-state index in [1.54, 1.807) is 13.8 Å². The van der Waals surface area contributed by atoms with E-state index in [1.807, 2.05) is 0 Å². The summed E-state index contributed by atoms with van der Waals surface area (Å²) in [5.74, 6) is -1.35. The zero-order chi connectivity index (χ0) is 13.3. The van der Waals surface area contributed by atoms with Crippen molar-refractivity contribution in [2.24, 2.45) is 0 Å². The smallest absolute Gasteiger partial charge is 0.332 e. The first-order chi connectivity index (χ1) is 8.49. The number of nitrogens with zero attached hydrogens (tertiary/aromatic N) is 1. The Morgan fingerprint density at radius 3 is 2.56 bits per heavy atom. The zero-order valence-electron chi connectivity index (χ0n) is 10.2. The normalized spacial score (nSPS) is 23.0. The topological polar surface area (TPSA) is 104 Å². The second-order valence-electron chi connectivity index (χ2n) is 4.33. The molecule has 1 amide bonds. The molecule has 3 N–H and O–H groups in total. The number of amides is 1. The minimum Gasteiger partial charge on any atom is -0.479 e. The van der Waals surface area contributed by atoms with E-state index in [0.717, 1.165) is 5.69 Å². The third kappa shape index (κ3) is 2.35. The molecule has 7 heteroatoms. The van der Waals surface area contributed by atoms with Crippen LogP contribution in [0.4, 0.5) is 5.69 Å². The zero-order valence-corrected chi connectivity index (χ0v) is 10.2. The summed E-state index contributed by atoms with van der Waals surface area (Å²) >= 11 is 0. The standard InChI is InChI=1S/C11H15N3O4/c1-5-9(6(2)14-13-5)12-10(15)7-3-4-8(18-7)11(16)17/h7-8H,3-4H2,1-2H3,(H,12,15)(H,13,14)(H,16,17)/t7-,8+/m0/s1. The first-order valence-corrected chi connectivity index (χ1v) is 5.69. The molecule has 0 spiro atoms. The van der Waals surface area contributed by atoms with Gasteiger partial charge >= 0.3 is 5.97 Å². The molecule has 7 nitrogen and oxygen atoms in total. The van der Waals surface area contributed by atoms with Crippen molar-refractivity contribution in [3.8, 4) is 0 Å². The molecular weight excluding hydrogens is 238 g/mol.